The van der Waals surface area contributed by atoms with Gasteiger partial charge < -0.3 is 9.80 Å². The van der Waals surface area contributed by atoms with E-state index < -0.39 is 0 Å². The van der Waals surface area contributed by atoms with E-state index in [1.165, 1.54) is 37.7 Å². The molecule has 28 heavy (non-hydrogen) atoms. The molecule has 1 amide bonds. The van der Waals surface area contributed by atoms with Crippen LogP contribution in [0.3, 0.4) is 0 Å². The maximum Gasteiger partial charge on any atom is 0.255 e. The van der Waals surface area contributed by atoms with Crippen LogP contribution in [0.1, 0.15) is 53.7 Å². The van der Waals surface area contributed by atoms with Gasteiger partial charge in [-0.15, -0.1) is 0 Å². The topological polar surface area (TPSA) is 62.2 Å². The minimum Gasteiger partial charge on any atom is -0.356 e. The Bertz CT molecular complexity index is 855. The highest BCUT2D eigenvalue weighted by atomic mass is 16.2. The highest BCUT2D eigenvalue weighted by Crippen LogP contribution is 2.38. The Balaban J connectivity index is 1.35. The fourth-order valence-corrected chi connectivity index (χ4v) is 5.25. The first kappa shape index (κ1) is 17.6. The summed E-state index contributed by atoms with van der Waals surface area (Å²) in [6.07, 6.45) is 12.7. The van der Waals surface area contributed by atoms with Crippen LogP contribution in [0.5, 0.6) is 0 Å². The van der Waals surface area contributed by atoms with Crippen molar-refractivity contribution in [1.29, 1.82) is 0 Å². The number of carbonyl (C=O) groups excluding carboxylic acids is 1. The van der Waals surface area contributed by atoms with Crippen LogP contribution in [-0.2, 0) is 13.0 Å². The van der Waals surface area contributed by atoms with E-state index in [0.29, 0.717) is 18.7 Å². The van der Waals surface area contributed by atoms with Crippen molar-refractivity contribution in [2.75, 3.05) is 24.5 Å². The quantitative estimate of drug-likeness (QED) is 0.805. The van der Waals surface area contributed by atoms with Crippen molar-refractivity contribution in [1.82, 2.24) is 19.9 Å². The molecule has 2 aromatic heterocycles. The third-order valence-corrected chi connectivity index (χ3v) is 6.77. The smallest absolute Gasteiger partial charge is 0.255 e. The number of pyridine rings is 1. The van der Waals surface area contributed by atoms with E-state index in [-0.39, 0.29) is 5.91 Å². The summed E-state index contributed by atoms with van der Waals surface area (Å²) in [7, 11) is 0. The minimum atomic E-state index is 0.0296. The molecule has 3 aliphatic rings. The normalized spacial score (nSPS) is 24.4. The van der Waals surface area contributed by atoms with Crippen LogP contribution >= 0.6 is 0 Å². The molecule has 2 fully saturated rings. The zero-order valence-corrected chi connectivity index (χ0v) is 16.3. The van der Waals surface area contributed by atoms with E-state index in [4.69, 9.17) is 0 Å². The molecule has 1 saturated heterocycles. The van der Waals surface area contributed by atoms with E-state index in [1.807, 2.05) is 11.0 Å². The molecule has 1 aliphatic carbocycles. The Morgan fingerprint density at radius 3 is 2.82 bits per heavy atom. The number of anilines is 1. The van der Waals surface area contributed by atoms with Gasteiger partial charge in [-0.05, 0) is 43.2 Å². The monoisotopic (exact) mass is 377 g/mol. The van der Waals surface area contributed by atoms with Gasteiger partial charge in [0.1, 0.15) is 12.1 Å². The first-order valence-electron chi connectivity index (χ1n) is 10.6. The Kier molecular flexibility index (Phi) is 4.71. The third-order valence-electron chi connectivity index (χ3n) is 6.77. The number of carbonyl (C=O) groups is 1. The van der Waals surface area contributed by atoms with Gasteiger partial charge in [0.15, 0.2) is 0 Å². The largest absolute Gasteiger partial charge is 0.356 e. The summed E-state index contributed by atoms with van der Waals surface area (Å²) in [6, 6.07) is 3.63. The van der Waals surface area contributed by atoms with Gasteiger partial charge in [0.05, 0.1) is 17.8 Å². The summed E-state index contributed by atoms with van der Waals surface area (Å²) in [6.45, 7) is 3.49. The number of piperidine rings is 1. The molecule has 0 radical (unpaired) electrons. The molecular weight excluding hydrogens is 350 g/mol. The summed E-state index contributed by atoms with van der Waals surface area (Å²) in [5, 5.41) is 0. The van der Waals surface area contributed by atoms with Crippen LogP contribution < -0.4 is 4.90 Å². The predicted molar refractivity (Wildman–Crippen MR) is 107 cm³/mol. The van der Waals surface area contributed by atoms with Gasteiger partial charge in [0, 0.05) is 37.6 Å². The van der Waals surface area contributed by atoms with Gasteiger partial charge in [-0.1, -0.05) is 19.3 Å². The van der Waals surface area contributed by atoms with E-state index in [2.05, 4.69) is 19.9 Å². The molecule has 146 valence electrons. The minimum absolute atomic E-state index is 0.0296. The number of rotatable bonds is 2. The van der Waals surface area contributed by atoms with E-state index in [0.717, 1.165) is 42.9 Å². The molecule has 0 N–H and O–H groups in total. The second-order valence-corrected chi connectivity index (χ2v) is 8.38. The predicted octanol–water partition coefficient (Wildman–Crippen LogP) is 3.09. The molecule has 6 heteroatoms. The van der Waals surface area contributed by atoms with Gasteiger partial charge in [-0.3, -0.25) is 9.78 Å². The molecule has 0 aromatic carbocycles. The van der Waals surface area contributed by atoms with Crippen LogP contribution in [0, 0.1) is 11.8 Å². The number of hydrogen-bond donors (Lipinski definition) is 0. The highest BCUT2D eigenvalue weighted by Gasteiger charge is 2.33. The molecule has 0 spiro atoms. The van der Waals surface area contributed by atoms with Crippen LogP contribution in [0.25, 0.3) is 0 Å². The molecular formula is C22H27N5O. The molecule has 6 nitrogen and oxygen atoms in total. The zero-order chi connectivity index (χ0) is 18.9. The van der Waals surface area contributed by atoms with Crippen molar-refractivity contribution in [3.63, 3.8) is 0 Å². The van der Waals surface area contributed by atoms with Crippen molar-refractivity contribution in [2.24, 2.45) is 11.8 Å². The SMILES string of the molecule is O=C(c1cccnc1)N1CCc2c(ncnc2N2CC[C@@H]3CCCC[C@@H]3C2)C1. The van der Waals surface area contributed by atoms with Crippen molar-refractivity contribution < 1.29 is 4.79 Å². The number of aromatic nitrogens is 3. The average molecular weight is 377 g/mol. The van der Waals surface area contributed by atoms with E-state index >= 15 is 0 Å². The van der Waals surface area contributed by atoms with Crippen molar-refractivity contribution in [2.45, 2.75) is 45.1 Å². The zero-order valence-electron chi connectivity index (χ0n) is 16.3. The summed E-state index contributed by atoms with van der Waals surface area (Å²) in [4.78, 5) is 30.4. The van der Waals surface area contributed by atoms with Gasteiger partial charge in [-0.2, -0.15) is 0 Å². The molecule has 2 aromatic rings. The number of hydrogen-bond acceptors (Lipinski definition) is 5. The van der Waals surface area contributed by atoms with E-state index in [9.17, 15) is 4.79 Å². The Labute approximate surface area is 166 Å². The van der Waals surface area contributed by atoms with Gasteiger partial charge >= 0.3 is 0 Å². The van der Waals surface area contributed by atoms with E-state index in [1.54, 1.807) is 24.8 Å². The lowest BCUT2D eigenvalue weighted by molar-refractivity contribution is 0.0731. The maximum absolute atomic E-state index is 12.8. The third kappa shape index (κ3) is 3.25. The van der Waals surface area contributed by atoms with Crippen molar-refractivity contribution >= 4 is 11.7 Å². The molecule has 4 heterocycles. The summed E-state index contributed by atoms with van der Waals surface area (Å²) in [5.41, 5.74) is 2.88. The first-order valence-corrected chi connectivity index (χ1v) is 10.6. The molecule has 2 aliphatic heterocycles. The molecule has 5 rings (SSSR count). The number of amides is 1. The fourth-order valence-electron chi connectivity index (χ4n) is 5.25. The van der Waals surface area contributed by atoms with Crippen LogP contribution in [0.4, 0.5) is 5.82 Å². The fraction of sp³-hybridized carbons (Fsp3) is 0.545. The molecule has 2 atom stereocenters. The van der Waals surface area contributed by atoms with Gasteiger partial charge in [-0.25, -0.2) is 9.97 Å². The average Bonchev–Trinajstić information content (AvgIpc) is 2.78. The number of fused-ring (bicyclic) bond motifs is 2. The summed E-state index contributed by atoms with van der Waals surface area (Å²) >= 11 is 0. The van der Waals surface area contributed by atoms with Crippen LogP contribution in [-0.4, -0.2) is 45.4 Å². The second kappa shape index (κ2) is 7.49. The first-order chi connectivity index (χ1) is 13.8. The van der Waals surface area contributed by atoms with Crippen molar-refractivity contribution in [3.8, 4) is 0 Å². The van der Waals surface area contributed by atoms with Crippen molar-refractivity contribution in [3.05, 3.63) is 47.7 Å². The maximum atomic E-state index is 12.8. The van der Waals surface area contributed by atoms with Gasteiger partial charge in [0.2, 0.25) is 0 Å². The second-order valence-electron chi connectivity index (χ2n) is 8.38. The lowest BCUT2D eigenvalue weighted by atomic mass is 9.75. The summed E-state index contributed by atoms with van der Waals surface area (Å²) < 4.78 is 0. The lowest BCUT2D eigenvalue weighted by Gasteiger charge is -2.42. The molecule has 0 unspecified atom stereocenters. The highest BCUT2D eigenvalue weighted by molar-refractivity contribution is 5.94. The standard InChI is InChI=1S/C22H27N5O/c28-22(17-6-3-9-23-12-17)27-11-8-19-20(14-27)24-15-25-21(19)26-10-7-16-4-1-2-5-18(16)13-26/h3,6,9,12,15-16,18H,1-2,4-5,7-8,10-11,13-14H2/t16-,18+/m0/s1. The van der Waals surface area contributed by atoms with Crippen LogP contribution in [0.2, 0.25) is 0 Å². The number of nitrogens with zero attached hydrogens (tertiary/aromatic N) is 5. The Morgan fingerprint density at radius 2 is 1.96 bits per heavy atom. The molecule has 1 saturated carbocycles. The lowest BCUT2D eigenvalue weighted by Crippen LogP contribution is -2.43. The van der Waals surface area contributed by atoms with Gasteiger partial charge in [0.25, 0.3) is 5.91 Å². The summed E-state index contributed by atoms with van der Waals surface area (Å²) in [5.74, 6) is 2.88. The Morgan fingerprint density at radius 1 is 1.07 bits per heavy atom. The van der Waals surface area contributed by atoms with Crippen LogP contribution in [0.15, 0.2) is 30.9 Å². The Hall–Kier alpha value is -2.50. The molecule has 0 bridgehead atoms.